The van der Waals surface area contributed by atoms with E-state index in [0.717, 1.165) is 0 Å². The molecule has 128 valence electrons. The van der Waals surface area contributed by atoms with Crippen LogP contribution in [-0.4, -0.2) is 93.6 Å². The zero-order valence-electron chi connectivity index (χ0n) is 12.1. The Kier molecular flexibility index (Phi) is 4.45. The number of rotatable bonds is 4. The van der Waals surface area contributed by atoms with Crippen LogP contribution in [0.3, 0.4) is 0 Å². The quantitative estimate of drug-likeness (QED) is 0.344. The van der Waals surface area contributed by atoms with Gasteiger partial charge in [-0.2, -0.15) is 0 Å². The van der Waals surface area contributed by atoms with Crippen LogP contribution >= 0.6 is 0 Å². The third-order valence-corrected chi connectivity index (χ3v) is 4.42. The van der Waals surface area contributed by atoms with Crippen LogP contribution in [-0.2, 0) is 18.9 Å². The third-order valence-electron chi connectivity index (χ3n) is 4.42. The van der Waals surface area contributed by atoms with Crippen molar-refractivity contribution in [1.82, 2.24) is 0 Å². The number of hydrogen-bond acceptors (Lipinski definition) is 9. The first-order valence-electron chi connectivity index (χ1n) is 7.32. The lowest BCUT2D eigenvalue weighted by molar-refractivity contribution is -0.376. The first kappa shape index (κ1) is 16.5. The smallest absolute Gasteiger partial charge is 0.197 e. The van der Waals surface area contributed by atoms with E-state index in [0.29, 0.717) is 0 Å². The van der Waals surface area contributed by atoms with Crippen molar-refractivity contribution in [2.75, 3.05) is 13.2 Å². The molecule has 3 rings (SSSR count). The van der Waals surface area contributed by atoms with Gasteiger partial charge in [-0.1, -0.05) is 0 Å². The summed E-state index contributed by atoms with van der Waals surface area (Å²) in [6.07, 6.45) is -6.89. The van der Waals surface area contributed by atoms with E-state index in [1.807, 2.05) is 0 Å². The van der Waals surface area contributed by atoms with Gasteiger partial charge in [-0.15, -0.1) is 0 Å². The molecule has 0 radical (unpaired) electrons. The van der Waals surface area contributed by atoms with Gasteiger partial charge in [0, 0.05) is 6.42 Å². The number of epoxide rings is 1. The normalized spacial score (nSPS) is 54.8. The Bertz CT molecular complexity index is 407. The standard InChI is InChI=1S/C13H22O9/c1-13(12(18)11-10(20-11)7(4-15)21-13)22-8-2-5(16)9(17)6(3-14)19-8/h5-12,14-18H,2-4H2,1H3/t5?,6-,7?,8-,9?,10?,11?,12?,13-/m1/s1. The molecule has 0 aromatic rings. The van der Waals surface area contributed by atoms with Crippen LogP contribution < -0.4 is 0 Å². The van der Waals surface area contributed by atoms with Crippen molar-refractivity contribution in [3.05, 3.63) is 0 Å². The highest BCUT2D eigenvalue weighted by atomic mass is 16.8. The Balaban J connectivity index is 1.68. The molecule has 3 aliphatic heterocycles. The molecule has 3 aliphatic rings. The number of aliphatic hydroxyl groups is 5. The molecule has 0 saturated carbocycles. The van der Waals surface area contributed by atoms with E-state index in [4.69, 9.17) is 24.1 Å². The van der Waals surface area contributed by atoms with Crippen LogP contribution in [0.2, 0.25) is 0 Å². The predicted octanol–water partition coefficient (Wildman–Crippen LogP) is -2.93. The van der Waals surface area contributed by atoms with Crippen molar-refractivity contribution in [1.29, 1.82) is 0 Å². The average molecular weight is 322 g/mol. The summed E-state index contributed by atoms with van der Waals surface area (Å²) in [5.74, 6) is -1.49. The van der Waals surface area contributed by atoms with Crippen LogP contribution in [0, 0.1) is 0 Å². The molecule has 3 fully saturated rings. The second-order valence-corrected chi connectivity index (χ2v) is 6.06. The summed E-state index contributed by atoms with van der Waals surface area (Å²) in [4.78, 5) is 0. The fraction of sp³-hybridized carbons (Fsp3) is 1.00. The van der Waals surface area contributed by atoms with Crippen molar-refractivity contribution in [2.24, 2.45) is 0 Å². The van der Waals surface area contributed by atoms with Gasteiger partial charge in [-0.25, -0.2) is 0 Å². The van der Waals surface area contributed by atoms with Crippen LogP contribution in [0.25, 0.3) is 0 Å². The van der Waals surface area contributed by atoms with E-state index in [1.54, 1.807) is 0 Å². The van der Waals surface area contributed by atoms with Crippen LogP contribution in [0.15, 0.2) is 0 Å². The minimum atomic E-state index is -1.49. The van der Waals surface area contributed by atoms with Gasteiger partial charge in [0.1, 0.15) is 36.6 Å². The largest absolute Gasteiger partial charge is 0.394 e. The summed E-state index contributed by atoms with van der Waals surface area (Å²) in [6, 6.07) is 0. The Morgan fingerprint density at radius 1 is 1.05 bits per heavy atom. The topological polar surface area (TPSA) is 141 Å². The summed E-state index contributed by atoms with van der Waals surface area (Å²) in [7, 11) is 0. The maximum absolute atomic E-state index is 10.2. The van der Waals surface area contributed by atoms with Crippen LogP contribution in [0.5, 0.6) is 0 Å². The van der Waals surface area contributed by atoms with Gasteiger partial charge in [0.15, 0.2) is 12.1 Å². The fourth-order valence-electron chi connectivity index (χ4n) is 3.07. The number of hydrogen-bond donors (Lipinski definition) is 5. The van der Waals surface area contributed by atoms with E-state index in [-0.39, 0.29) is 19.1 Å². The lowest BCUT2D eigenvalue weighted by Gasteiger charge is -2.44. The van der Waals surface area contributed by atoms with E-state index >= 15 is 0 Å². The molecule has 0 amide bonds. The van der Waals surface area contributed by atoms with E-state index in [9.17, 15) is 20.4 Å². The molecule has 5 N–H and O–H groups in total. The minimum absolute atomic E-state index is 0.0396. The Morgan fingerprint density at radius 3 is 2.36 bits per heavy atom. The number of aliphatic hydroxyl groups excluding tert-OH is 5. The fourth-order valence-corrected chi connectivity index (χ4v) is 3.07. The van der Waals surface area contributed by atoms with Gasteiger partial charge in [-0.05, 0) is 6.92 Å². The molecular weight excluding hydrogens is 300 g/mol. The summed E-state index contributed by atoms with van der Waals surface area (Å²) >= 11 is 0. The van der Waals surface area contributed by atoms with E-state index in [2.05, 4.69) is 0 Å². The Hall–Kier alpha value is -0.360. The molecule has 9 nitrogen and oxygen atoms in total. The third kappa shape index (κ3) is 2.77. The summed E-state index contributed by atoms with van der Waals surface area (Å²) in [5.41, 5.74) is 0. The lowest BCUT2D eigenvalue weighted by Crippen LogP contribution is -2.59. The van der Waals surface area contributed by atoms with Crippen molar-refractivity contribution >= 4 is 0 Å². The molecular formula is C13H22O9. The van der Waals surface area contributed by atoms with Gasteiger partial charge in [0.05, 0.1) is 19.3 Å². The maximum Gasteiger partial charge on any atom is 0.197 e. The van der Waals surface area contributed by atoms with E-state index in [1.165, 1.54) is 6.92 Å². The summed E-state index contributed by atoms with van der Waals surface area (Å²) in [5, 5.41) is 48.2. The Labute approximate surface area is 127 Å². The van der Waals surface area contributed by atoms with Crippen molar-refractivity contribution in [3.8, 4) is 0 Å². The molecule has 0 aromatic heterocycles. The molecule has 0 spiro atoms. The molecule has 3 saturated heterocycles. The highest BCUT2D eigenvalue weighted by Gasteiger charge is 2.63. The SMILES string of the molecule is C[C@]1(O[C@@H]2CC(O)C(O)[C@@H](CO)O2)OC(CO)C2OC2C1O. The predicted molar refractivity (Wildman–Crippen MR) is 68.5 cm³/mol. The van der Waals surface area contributed by atoms with Gasteiger partial charge in [0.25, 0.3) is 0 Å². The molecule has 9 atom stereocenters. The highest BCUT2D eigenvalue weighted by Crippen LogP contribution is 2.43. The first-order valence-corrected chi connectivity index (χ1v) is 7.32. The van der Waals surface area contributed by atoms with Gasteiger partial charge in [0.2, 0.25) is 0 Å². The molecule has 3 heterocycles. The molecule has 9 heteroatoms. The van der Waals surface area contributed by atoms with Crippen molar-refractivity contribution < 1.29 is 44.5 Å². The zero-order valence-corrected chi connectivity index (χ0v) is 12.1. The zero-order chi connectivity index (χ0) is 16.1. The summed E-state index contributed by atoms with van der Waals surface area (Å²) in [6.45, 7) is 0.733. The van der Waals surface area contributed by atoms with Crippen LogP contribution in [0.1, 0.15) is 13.3 Å². The molecule has 6 unspecified atom stereocenters. The number of ether oxygens (including phenoxy) is 4. The first-order chi connectivity index (χ1) is 10.4. The lowest BCUT2D eigenvalue weighted by atomic mass is 9.98. The molecule has 0 bridgehead atoms. The summed E-state index contributed by atoms with van der Waals surface area (Å²) < 4.78 is 21.9. The second kappa shape index (κ2) is 5.93. The highest BCUT2D eigenvalue weighted by molar-refractivity contribution is 5.05. The van der Waals surface area contributed by atoms with Crippen LogP contribution in [0.4, 0.5) is 0 Å². The average Bonchev–Trinajstić information content (AvgIpc) is 3.27. The van der Waals surface area contributed by atoms with Gasteiger partial charge < -0.3 is 44.5 Å². The molecule has 0 aliphatic carbocycles. The monoisotopic (exact) mass is 322 g/mol. The maximum atomic E-state index is 10.2. The minimum Gasteiger partial charge on any atom is -0.394 e. The number of fused-ring (bicyclic) bond motifs is 1. The second-order valence-electron chi connectivity index (χ2n) is 6.06. The van der Waals surface area contributed by atoms with Crippen molar-refractivity contribution in [2.45, 2.75) is 68.1 Å². The van der Waals surface area contributed by atoms with Crippen molar-refractivity contribution in [3.63, 3.8) is 0 Å². The molecule has 0 aromatic carbocycles. The van der Waals surface area contributed by atoms with Gasteiger partial charge in [-0.3, -0.25) is 0 Å². The Morgan fingerprint density at radius 2 is 1.73 bits per heavy atom. The van der Waals surface area contributed by atoms with E-state index < -0.39 is 55.3 Å². The molecule has 22 heavy (non-hydrogen) atoms. The van der Waals surface area contributed by atoms with Gasteiger partial charge >= 0.3 is 0 Å².